The summed E-state index contributed by atoms with van der Waals surface area (Å²) in [7, 11) is -3.88. The van der Waals surface area contributed by atoms with E-state index in [0.717, 1.165) is 11.1 Å². The van der Waals surface area contributed by atoms with Crippen molar-refractivity contribution in [3.8, 4) is 0 Å². The third kappa shape index (κ3) is 3.40. The molecular formula is C20H21ClFN5O2S. The topological polar surface area (TPSA) is 91.8 Å². The number of rotatable bonds is 4. The Hall–Kier alpha value is -2.36. The van der Waals surface area contributed by atoms with Gasteiger partial charge in [-0.25, -0.2) is 12.8 Å². The number of sulfonamides is 1. The second-order valence-electron chi connectivity index (χ2n) is 7.52. The highest BCUT2D eigenvalue weighted by Crippen LogP contribution is 2.42. The molecule has 0 saturated carbocycles. The molecule has 0 fully saturated rings. The lowest BCUT2D eigenvalue weighted by Crippen LogP contribution is -2.42. The fourth-order valence-corrected chi connectivity index (χ4v) is 6.27. The number of H-pyrrole nitrogens is 1. The van der Waals surface area contributed by atoms with E-state index in [2.05, 4.69) is 20.6 Å². The first kappa shape index (κ1) is 20.9. The van der Waals surface area contributed by atoms with Crippen molar-refractivity contribution >= 4 is 21.6 Å². The third-order valence-corrected chi connectivity index (χ3v) is 8.02. The van der Waals surface area contributed by atoms with Gasteiger partial charge in [0.1, 0.15) is 5.82 Å². The number of fused-ring (bicyclic) bond motifs is 1. The number of nitrogens with zero attached hydrogens (tertiary/aromatic N) is 4. The molecule has 3 aromatic rings. The van der Waals surface area contributed by atoms with Gasteiger partial charge in [-0.1, -0.05) is 29.8 Å². The van der Waals surface area contributed by atoms with Gasteiger partial charge in [0.25, 0.3) is 0 Å². The maximum Gasteiger partial charge on any atom is 0.244 e. The molecular weight excluding hydrogens is 429 g/mol. The Morgan fingerprint density at radius 1 is 1.23 bits per heavy atom. The summed E-state index contributed by atoms with van der Waals surface area (Å²) in [6, 6.07) is 7.02. The van der Waals surface area contributed by atoms with E-state index in [1.165, 1.54) is 16.4 Å². The van der Waals surface area contributed by atoms with E-state index in [-0.39, 0.29) is 23.1 Å². The molecule has 10 heteroatoms. The minimum atomic E-state index is -3.88. The fourth-order valence-electron chi connectivity index (χ4n) is 4.18. The predicted octanol–water partition coefficient (Wildman–Crippen LogP) is 3.70. The molecule has 0 amide bonds. The van der Waals surface area contributed by atoms with E-state index in [1.54, 1.807) is 25.1 Å². The molecule has 1 N–H and O–H groups in total. The van der Waals surface area contributed by atoms with Gasteiger partial charge >= 0.3 is 0 Å². The molecule has 0 aliphatic carbocycles. The minimum absolute atomic E-state index is 0.195. The zero-order valence-electron chi connectivity index (χ0n) is 16.7. The second-order valence-corrected chi connectivity index (χ2v) is 9.82. The highest BCUT2D eigenvalue weighted by atomic mass is 35.5. The van der Waals surface area contributed by atoms with Gasteiger partial charge in [0.05, 0.1) is 10.9 Å². The molecule has 1 aromatic heterocycles. The van der Waals surface area contributed by atoms with Gasteiger partial charge in [0.2, 0.25) is 10.0 Å². The summed E-state index contributed by atoms with van der Waals surface area (Å²) < 4.78 is 43.3. The number of benzene rings is 2. The Labute approximate surface area is 179 Å². The zero-order chi connectivity index (χ0) is 21.6. The van der Waals surface area contributed by atoms with Crippen LogP contribution in [0.15, 0.2) is 35.2 Å². The summed E-state index contributed by atoms with van der Waals surface area (Å²) in [5, 5.41) is 14.6. The van der Waals surface area contributed by atoms with Crippen LogP contribution in [0.4, 0.5) is 4.39 Å². The lowest BCUT2D eigenvalue weighted by Gasteiger charge is -2.36. The van der Waals surface area contributed by atoms with Crippen molar-refractivity contribution in [2.75, 3.05) is 6.54 Å². The number of tetrazole rings is 1. The van der Waals surface area contributed by atoms with E-state index in [1.807, 2.05) is 13.8 Å². The van der Waals surface area contributed by atoms with Gasteiger partial charge in [-0.15, -0.1) is 10.2 Å². The summed E-state index contributed by atoms with van der Waals surface area (Å²) in [4.78, 5) is 0.195. The molecule has 0 saturated heterocycles. The minimum Gasteiger partial charge on any atom is -0.207 e. The molecule has 158 valence electrons. The fraction of sp³-hybridized carbons (Fsp3) is 0.350. The molecule has 0 radical (unpaired) electrons. The van der Waals surface area contributed by atoms with Crippen LogP contribution in [0.1, 0.15) is 47.0 Å². The van der Waals surface area contributed by atoms with Gasteiger partial charge in [-0.05, 0) is 66.8 Å². The van der Waals surface area contributed by atoms with Crippen LogP contribution in [0.3, 0.4) is 0 Å². The maximum absolute atomic E-state index is 14.9. The Balaban J connectivity index is 1.86. The van der Waals surface area contributed by atoms with Crippen LogP contribution in [-0.4, -0.2) is 39.9 Å². The van der Waals surface area contributed by atoms with Gasteiger partial charge in [-0.2, -0.15) is 9.52 Å². The summed E-state index contributed by atoms with van der Waals surface area (Å²) in [5.74, 6) is -0.740. The number of halogens is 2. The number of nitrogens with one attached hydrogen (secondary N) is 1. The average molecular weight is 450 g/mol. The smallest absolute Gasteiger partial charge is 0.207 e. The van der Waals surface area contributed by atoms with Crippen molar-refractivity contribution in [1.82, 2.24) is 24.9 Å². The SMILES string of the molecule is Cc1ccc(F)c([C@@H](C)[C@@H](c2nn[nH]n2)N2CCc3cc(Cl)ccc3S2(=O)=O)c1C. The molecule has 2 atom stereocenters. The zero-order valence-corrected chi connectivity index (χ0v) is 18.3. The van der Waals surface area contributed by atoms with Crippen molar-refractivity contribution in [2.45, 2.75) is 44.0 Å². The normalized spacial score (nSPS) is 18.0. The van der Waals surface area contributed by atoms with Crippen molar-refractivity contribution < 1.29 is 12.8 Å². The van der Waals surface area contributed by atoms with Crippen LogP contribution < -0.4 is 0 Å². The highest BCUT2D eigenvalue weighted by molar-refractivity contribution is 7.89. The predicted molar refractivity (Wildman–Crippen MR) is 110 cm³/mol. The standard InChI is InChI=1S/C20H21ClFN5O2S/c1-11-4-6-16(22)18(12(11)2)13(3)19(20-23-25-26-24-20)27-9-8-14-10-15(21)5-7-17(14)30(27,28)29/h4-7,10,13,19H,8-9H2,1-3H3,(H,23,24,25,26)/t13-,19+/m1/s1. The first-order chi connectivity index (χ1) is 14.2. The number of hydrogen-bond acceptors (Lipinski definition) is 5. The second kappa shape index (κ2) is 7.72. The van der Waals surface area contributed by atoms with E-state index >= 15 is 0 Å². The van der Waals surface area contributed by atoms with E-state index in [4.69, 9.17) is 11.6 Å². The number of aromatic nitrogens is 4. The Kier molecular flexibility index (Phi) is 5.37. The third-order valence-electron chi connectivity index (χ3n) is 5.81. The van der Waals surface area contributed by atoms with Crippen molar-refractivity contribution in [3.63, 3.8) is 0 Å². The number of hydrogen-bond donors (Lipinski definition) is 1. The van der Waals surface area contributed by atoms with Crippen molar-refractivity contribution in [2.24, 2.45) is 0 Å². The van der Waals surface area contributed by atoms with Crippen LogP contribution in [-0.2, 0) is 16.4 Å². The Bertz CT molecular complexity index is 1200. The highest BCUT2D eigenvalue weighted by Gasteiger charge is 2.42. The van der Waals surface area contributed by atoms with Crippen LogP contribution in [0, 0.1) is 19.7 Å². The Morgan fingerprint density at radius 2 is 2.00 bits per heavy atom. The summed E-state index contributed by atoms with van der Waals surface area (Å²) in [6.45, 7) is 5.72. The van der Waals surface area contributed by atoms with E-state index in [0.29, 0.717) is 22.6 Å². The molecule has 0 bridgehead atoms. The maximum atomic E-state index is 14.9. The molecule has 0 spiro atoms. The van der Waals surface area contributed by atoms with Crippen LogP contribution >= 0.6 is 11.6 Å². The van der Waals surface area contributed by atoms with Crippen LogP contribution in [0.2, 0.25) is 5.02 Å². The van der Waals surface area contributed by atoms with Gasteiger partial charge in [-0.3, -0.25) is 0 Å². The largest absolute Gasteiger partial charge is 0.244 e. The molecule has 30 heavy (non-hydrogen) atoms. The summed E-state index contributed by atoms with van der Waals surface area (Å²) in [5.41, 5.74) is 2.81. The lowest BCUT2D eigenvalue weighted by molar-refractivity contribution is 0.272. The van der Waals surface area contributed by atoms with Gasteiger partial charge in [0.15, 0.2) is 5.82 Å². The first-order valence-corrected chi connectivity index (χ1v) is 11.3. The van der Waals surface area contributed by atoms with E-state index in [9.17, 15) is 12.8 Å². The quantitative estimate of drug-likeness (QED) is 0.655. The molecule has 0 unspecified atom stereocenters. The van der Waals surface area contributed by atoms with Crippen molar-refractivity contribution in [1.29, 1.82) is 0 Å². The van der Waals surface area contributed by atoms with Crippen LogP contribution in [0.5, 0.6) is 0 Å². The van der Waals surface area contributed by atoms with Crippen LogP contribution in [0.25, 0.3) is 0 Å². The van der Waals surface area contributed by atoms with Crippen molar-refractivity contribution in [3.05, 3.63) is 69.2 Å². The van der Waals surface area contributed by atoms with Gasteiger partial charge < -0.3 is 0 Å². The number of aryl methyl sites for hydroxylation is 1. The molecule has 4 rings (SSSR count). The summed E-state index contributed by atoms with van der Waals surface area (Å²) in [6.07, 6.45) is 0.478. The van der Waals surface area contributed by atoms with Gasteiger partial charge in [0, 0.05) is 17.5 Å². The average Bonchev–Trinajstić information content (AvgIpc) is 3.21. The number of aromatic amines is 1. The monoisotopic (exact) mass is 449 g/mol. The molecule has 1 aliphatic heterocycles. The summed E-state index contributed by atoms with van der Waals surface area (Å²) >= 11 is 6.05. The molecule has 2 aromatic carbocycles. The first-order valence-electron chi connectivity index (χ1n) is 9.51. The molecule has 2 heterocycles. The molecule has 1 aliphatic rings. The molecule has 7 nitrogen and oxygen atoms in total. The lowest BCUT2D eigenvalue weighted by atomic mass is 9.87. The van der Waals surface area contributed by atoms with E-state index < -0.39 is 22.0 Å². The Morgan fingerprint density at radius 3 is 2.70 bits per heavy atom.